The zero-order chi connectivity index (χ0) is 21.8. The number of carbonyl (C=O) groups is 1. The predicted octanol–water partition coefficient (Wildman–Crippen LogP) is 3.49. The number of hydrogen-bond acceptors (Lipinski definition) is 6. The maximum Gasteiger partial charge on any atom is 0.274 e. The maximum absolute atomic E-state index is 14.0. The summed E-state index contributed by atoms with van der Waals surface area (Å²) in [6, 6.07) is 16.5. The topological polar surface area (TPSA) is 77.5 Å². The molecule has 7 heteroatoms. The number of aliphatic hydroxyl groups is 1. The van der Waals surface area contributed by atoms with Crippen LogP contribution >= 0.6 is 0 Å². The zero-order valence-corrected chi connectivity index (χ0v) is 17.5. The summed E-state index contributed by atoms with van der Waals surface area (Å²) >= 11 is 0. The Morgan fingerprint density at radius 3 is 2.39 bits per heavy atom. The van der Waals surface area contributed by atoms with Crippen LogP contribution in [-0.4, -0.2) is 44.2 Å². The van der Waals surface area contributed by atoms with Crippen LogP contribution in [0.15, 0.2) is 54.6 Å². The number of nitrogens with zero attached hydrogens (tertiary/aromatic N) is 1. The van der Waals surface area contributed by atoms with Gasteiger partial charge in [-0.1, -0.05) is 24.3 Å². The Labute approximate surface area is 179 Å². The number of hydrogen-bond donors (Lipinski definition) is 1. The fourth-order valence-electron chi connectivity index (χ4n) is 4.56. The predicted molar refractivity (Wildman–Crippen MR) is 115 cm³/mol. The summed E-state index contributed by atoms with van der Waals surface area (Å²) in [4.78, 5) is 15.4. The Bertz CT molecular complexity index is 1190. The largest absolute Gasteiger partial charge is 0.497 e. The third-order valence-electron chi connectivity index (χ3n) is 6.14. The van der Waals surface area contributed by atoms with Crippen LogP contribution in [-0.2, 0) is 19.9 Å². The van der Waals surface area contributed by atoms with Crippen LogP contribution in [0.5, 0.6) is 11.5 Å². The highest BCUT2D eigenvalue weighted by molar-refractivity contribution is 6.17. The number of fused-ring (bicyclic) bond motifs is 3. The van der Waals surface area contributed by atoms with Gasteiger partial charge in [-0.3, -0.25) is 9.69 Å². The molecule has 1 amide bonds. The number of benzene rings is 3. The molecule has 31 heavy (non-hydrogen) atoms. The van der Waals surface area contributed by atoms with Crippen molar-refractivity contribution in [2.75, 3.05) is 32.3 Å². The Morgan fingerprint density at radius 2 is 1.68 bits per heavy atom. The molecule has 5 rings (SSSR count). The summed E-state index contributed by atoms with van der Waals surface area (Å²) in [5.74, 6) is -0.987. The molecule has 2 aliphatic heterocycles. The third-order valence-corrected chi connectivity index (χ3v) is 6.14. The van der Waals surface area contributed by atoms with E-state index in [-0.39, 0.29) is 13.2 Å². The minimum Gasteiger partial charge on any atom is -0.497 e. The van der Waals surface area contributed by atoms with E-state index in [1.54, 1.807) is 33.3 Å². The average Bonchev–Trinajstić information content (AvgIpc) is 3.35. The molecule has 1 fully saturated rings. The molecule has 0 spiro atoms. The molecule has 2 heterocycles. The highest BCUT2D eigenvalue weighted by Gasteiger charge is 2.65. The SMILES string of the molecule is COc1ccc2ccc3c(c2c1)C(O)(C1(C)OCCO1)C(=O)N3c1ccccc1OC. The van der Waals surface area contributed by atoms with Crippen molar-refractivity contribution in [3.8, 4) is 11.5 Å². The third kappa shape index (κ3) is 2.61. The number of carbonyl (C=O) groups excluding carboxylic acids is 1. The van der Waals surface area contributed by atoms with Gasteiger partial charge in [0.1, 0.15) is 11.5 Å². The second-order valence-corrected chi connectivity index (χ2v) is 7.71. The Hall–Kier alpha value is -3.13. The summed E-state index contributed by atoms with van der Waals surface area (Å²) in [6.07, 6.45) is 0. The van der Waals surface area contributed by atoms with Crippen LogP contribution in [0.1, 0.15) is 12.5 Å². The van der Waals surface area contributed by atoms with Crippen LogP contribution in [0, 0.1) is 0 Å². The van der Waals surface area contributed by atoms with Gasteiger partial charge in [0.05, 0.1) is 38.8 Å². The summed E-state index contributed by atoms with van der Waals surface area (Å²) in [7, 11) is 3.12. The van der Waals surface area contributed by atoms with Gasteiger partial charge in [-0.15, -0.1) is 0 Å². The van der Waals surface area contributed by atoms with E-state index in [2.05, 4.69) is 0 Å². The summed E-state index contributed by atoms with van der Waals surface area (Å²) in [5.41, 5.74) is -0.593. The number of ether oxygens (including phenoxy) is 4. The van der Waals surface area contributed by atoms with Gasteiger partial charge < -0.3 is 24.1 Å². The first-order chi connectivity index (χ1) is 14.9. The molecule has 3 aromatic rings. The monoisotopic (exact) mass is 421 g/mol. The van der Waals surface area contributed by atoms with Crippen molar-refractivity contribution < 1.29 is 28.8 Å². The number of para-hydroxylation sites is 2. The van der Waals surface area contributed by atoms with E-state index in [9.17, 15) is 9.90 Å². The van der Waals surface area contributed by atoms with Gasteiger partial charge >= 0.3 is 0 Å². The van der Waals surface area contributed by atoms with Crippen molar-refractivity contribution >= 4 is 28.1 Å². The highest BCUT2D eigenvalue weighted by Crippen LogP contribution is 2.55. The van der Waals surface area contributed by atoms with Crippen molar-refractivity contribution in [3.63, 3.8) is 0 Å². The van der Waals surface area contributed by atoms with Gasteiger partial charge in [0.15, 0.2) is 0 Å². The standard InChI is InChI=1S/C24H23NO6/c1-23(30-12-13-31-23)24(27)21-17-14-16(28-2)10-8-15(17)9-11-19(21)25(22(24)26)18-6-4-5-7-20(18)29-3/h4-11,14,27H,12-13H2,1-3H3. The first-order valence-corrected chi connectivity index (χ1v) is 10.0. The molecular formula is C24H23NO6. The van der Waals surface area contributed by atoms with E-state index >= 15 is 0 Å². The molecule has 0 saturated carbocycles. The lowest BCUT2D eigenvalue weighted by atomic mass is 9.84. The molecule has 160 valence electrons. The second-order valence-electron chi connectivity index (χ2n) is 7.71. The van der Waals surface area contributed by atoms with Gasteiger partial charge in [-0.2, -0.15) is 0 Å². The van der Waals surface area contributed by atoms with Crippen molar-refractivity contribution in [1.29, 1.82) is 0 Å². The van der Waals surface area contributed by atoms with Crippen molar-refractivity contribution in [1.82, 2.24) is 0 Å². The lowest BCUT2D eigenvalue weighted by molar-refractivity contribution is -0.252. The maximum atomic E-state index is 14.0. The summed E-state index contributed by atoms with van der Waals surface area (Å²) in [6.45, 7) is 2.17. The van der Waals surface area contributed by atoms with E-state index in [1.807, 2.05) is 42.5 Å². The average molecular weight is 421 g/mol. The molecule has 1 saturated heterocycles. The Morgan fingerprint density at radius 1 is 0.968 bits per heavy atom. The van der Waals surface area contributed by atoms with Gasteiger partial charge in [-0.05, 0) is 48.0 Å². The molecule has 0 aliphatic carbocycles. The Balaban J connectivity index is 1.86. The fourth-order valence-corrected chi connectivity index (χ4v) is 4.56. The van der Waals surface area contributed by atoms with E-state index in [4.69, 9.17) is 18.9 Å². The molecule has 0 radical (unpaired) electrons. The second kappa shape index (κ2) is 6.95. The van der Waals surface area contributed by atoms with Gasteiger partial charge in [0.2, 0.25) is 11.4 Å². The highest BCUT2D eigenvalue weighted by atomic mass is 16.7. The fraction of sp³-hybridized carbons (Fsp3) is 0.292. The molecule has 2 aliphatic rings. The van der Waals surface area contributed by atoms with Crippen LogP contribution < -0.4 is 14.4 Å². The lowest BCUT2D eigenvalue weighted by Crippen LogP contribution is -2.56. The number of rotatable bonds is 4. The van der Waals surface area contributed by atoms with E-state index in [0.717, 1.165) is 5.39 Å². The number of methoxy groups -OCH3 is 2. The molecule has 1 atom stereocenters. The Kier molecular flexibility index (Phi) is 4.44. The van der Waals surface area contributed by atoms with E-state index in [0.29, 0.717) is 33.8 Å². The van der Waals surface area contributed by atoms with Gasteiger partial charge in [0, 0.05) is 5.56 Å². The van der Waals surface area contributed by atoms with Gasteiger partial charge in [-0.25, -0.2) is 0 Å². The van der Waals surface area contributed by atoms with Crippen LogP contribution in [0.4, 0.5) is 11.4 Å². The smallest absolute Gasteiger partial charge is 0.274 e. The van der Waals surface area contributed by atoms with Crippen LogP contribution in [0.3, 0.4) is 0 Å². The molecule has 7 nitrogen and oxygen atoms in total. The first-order valence-electron chi connectivity index (χ1n) is 10.0. The van der Waals surface area contributed by atoms with Gasteiger partial charge in [0.25, 0.3) is 5.91 Å². The van der Waals surface area contributed by atoms with E-state index < -0.39 is 17.3 Å². The summed E-state index contributed by atoms with van der Waals surface area (Å²) in [5, 5.41) is 13.6. The number of anilines is 2. The molecule has 0 aromatic heterocycles. The minimum absolute atomic E-state index is 0.282. The molecule has 0 bridgehead atoms. The lowest BCUT2D eigenvalue weighted by Gasteiger charge is -2.36. The molecule has 1 N–H and O–H groups in total. The van der Waals surface area contributed by atoms with Crippen molar-refractivity contribution in [2.24, 2.45) is 0 Å². The number of amides is 1. The molecular weight excluding hydrogens is 398 g/mol. The van der Waals surface area contributed by atoms with Crippen LogP contribution in [0.2, 0.25) is 0 Å². The quantitative estimate of drug-likeness (QED) is 0.695. The zero-order valence-electron chi connectivity index (χ0n) is 17.5. The van der Waals surface area contributed by atoms with Crippen molar-refractivity contribution in [2.45, 2.75) is 18.3 Å². The van der Waals surface area contributed by atoms with Crippen molar-refractivity contribution in [3.05, 3.63) is 60.2 Å². The summed E-state index contributed by atoms with van der Waals surface area (Å²) < 4.78 is 22.6. The van der Waals surface area contributed by atoms with E-state index in [1.165, 1.54) is 4.90 Å². The molecule has 3 aromatic carbocycles. The molecule has 1 unspecified atom stereocenters. The minimum atomic E-state index is -2.08. The first kappa shape index (κ1) is 19.8. The van der Waals surface area contributed by atoms with Crippen LogP contribution in [0.25, 0.3) is 10.8 Å². The normalized spacial score (nSPS) is 22.1.